The third-order valence-corrected chi connectivity index (χ3v) is 4.23. The SMILES string of the molecule is CCn1nccc1-c1cc(C[C@@H]2CCN(C(C)=O)C2)ncn1. The van der Waals surface area contributed by atoms with Crippen LogP contribution in [-0.4, -0.2) is 43.6 Å². The minimum atomic E-state index is 0.165. The largest absolute Gasteiger partial charge is 0.343 e. The number of aryl methyl sites for hydroxylation is 1. The van der Waals surface area contributed by atoms with Gasteiger partial charge in [0.15, 0.2) is 0 Å². The van der Waals surface area contributed by atoms with Gasteiger partial charge < -0.3 is 4.90 Å². The molecule has 0 aromatic carbocycles. The Morgan fingerprint density at radius 1 is 1.41 bits per heavy atom. The molecule has 0 saturated carbocycles. The summed E-state index contributed by atoms with van der Waals surface area (Å²) in [6, 6.07) is 4.02. The van der Waals surface area contributed by atoms with Gasteiger partial charge in [-0.15, -0.1) is 0 Å². The van der Waals surface area contributed by atoms with Crippen molar-refractivity contribution in [2.24, 2.45) is 5.92 Å². The van der Waals surface area contributed by atoms with Crippen LogP contribution in [0.15, 0.2) is 24.7 Å². The number of carbonyl (C=O) groups is 1. The quantitative estimate of drug-likeness (QED) is 0.863. The maximum Gasteiger partial charge on any atom is 0.219 e. The molecular weight excluding hydrogens is 278 g/mol. The summed E-state index contributed by atoms with van der Waals surface area (Å²) in [7, 11) is 0. The maximum atomic E-state index is 11.4. The highest BCUT2D eigenvalue weighted by Crippen LogP contribution is 2.22. The first-order valence-corrected chi connectivity index (χ1v) is 7.76. The topological polar surface area (TPSA) is 63.9 Å². The lowest BCUT2D eigenvalue weighted by Gasteiger charge is -2.13. The van der Waals surface area contributed by atoms with Crippen LogP contribution >= 0.6 is 0 Å². The highest BCUT2D eigenvalue weighted by atomic mass is 16.2. The molecule has 0 bridgehead atoms. The molecule has 116 valence electrons. The second-order valence-corrected chi connectivity index (χ2v) is 5.75. The first-order valence-electron chi connectivity index (χ1n) is 7.76. The third-order valence-electron chi connectivity index (χ3n) is 4.23. The number of likely N-dealkylation sites (tertiary alicyclic amines) is 1. The van der Waals surface area contributed by atoms with Crippen molar-refractivity contribution in [3.05, 3.63) is 30.4 Å². The Labute approximate surface area is 130 Å². The Bertz CT molecular complexity index is 666. The molecule has 0 spiro atoms. The minimum Gasteiger partial charge on any atom is -0.343 e. The van der Waals surface area contributed by atoms with E-state index in [-0.39, 0.29) is 5.91 Å². The summed E-state index contributed by atoms with van der Waals surface area (Å²) in [6.45, 7) is 6.21. The molecule has 6 nitrogen and oxygen atoms in total. The van der Waals surface area contributed by atoms with Crippen molar-refractivity contribution in [1.29, 1.82) is 0 Å². The average molecular weight is 299 g/mol. The van der Waals surface area contributed by atoms with E-state index in [4.69, 9.17) is 0 Å². The smallest absolute Gasteiger partial charge is 0.219 e. The molecule has 1 atom stereocenters. The van der Waals surface area contributed by atoms with Crippen molar-refractivity contribution in [2.45, 2.75) is 33.2 Å². The maximum absolute atomic E-state index is 11.4. The lowest BCUT2D eigenvalue weighted by Crippen LogP contribution is -2.26. The molecule has 1 aliphatic heterocycles. The Hall–Kier alpha value is -2.24. The first-order chi connectivity index (χ1) is 10.7. The second-order valence-electron chi connectivity index (χ2n) is 5.75. The van der Waals surface area contributed by atoms with Crippen LogP contribution in [0, 0.1) is 5.92 Å². The van der Waals surface area contributed by atoms with E-state index in [1.54, 1.807) is 19.4 Å². The molecule has 2 aromatic heterocycles. The molecular formula is C16H21N5O. The number of rotatable bonds is 4. The number of amides is 1. The number of hydrogen-bond acceptors (Lipinski definition) is 4. The molecule has 0 radical (unpaired) electrons. The highest BCUT2D eigenvalue weighted by molar-refractivity contribution is 5.73. The van der Waals surface area contributed by atoms with E-state index in [0.29, 0.717) is 5.92 Å². The lowest BCUT2D eigenvalue weighted by atomic mass is 10.0. The Morgan fingerprint density at radius 2 is 2.27 bits per heavy atom. The van der Waals surface area contributed by atoms with Gasteiger partial charge in [0.25, 0.3) is 0 Å². The Kier molecular flexibility index (Phi) is 4.18. The van der Waals surface area contributed by atoms with E-state index in [1.807, 2.05) is 21.7 Å². The van der Waals surface area contributed by atoms with E-state index in [9.17, 15) is 4.79 Å². The number of hydrogen-bond donors (Lipinski definition) is 0. The fourth-order valence-corrected chi connectivity index (χ4v) is 3.03. The molecule has 1 aliphatic rings. The molecule has 3 heterocycles. The summed E-state index contributed by atoms with van der Waals surface area (Å²) in [5.41, 5.74) is 2.96. The normalized spacial score (nSPS) is 17.9. The summed E-state index contributed by atoms with van der Waals surface area (Å²) in [4.78, 5) is 22.1. The van der Waals surface area contributed by atoms with Gasteiger partial charge in [-0.05, 0) is 37.8 Å². The van der Waals surface area contributed by atoms with Gasteiger partial charge in [0.05, 0.1) is 11.4 Å². The van der Waals surface area contributed by atoms with E-state index >= 15 is 0 Å². The van der Waals surface area contributed by atoms with E-state index in [1.165, 1.54) is 0 Å². The number of nitrogens with zero attached hydrogens (tertiary/aromatic N) is 5. The molecule has 22 heavy (non-hydrogen) atoms. The number of aromatic nitrogens is 4. The van der Waals surface area contributed by atoms with Crippen LogP contribution in [0.3, 0.4) is 0 Å². The van der Waals surface area contributed by atoms with Gasteiger partial charge in [0.1, 0.15) is 6.33 Å². The van der Waals surface area contributed by atoms with E-state index in [0.717, 1.165) is 49.6 Å². The predicted molar refractivity (Wildman–Crippen MR) is 83.0 cm³/mol. The van der Waals surface area contributed by atoms with Crippen LogP contribution < -0.4 is 0 Å². The summed E-state index contributed by atoms with van der Waals surface area (Å²) >= 11 is 0. The third kappa shape index (κ3) is 3.00. The molecule has 1 fully saturated rings. The molecule has 1 saturated heterocycles. The lowest BCUT2D eigenvalue weighted by molar-refractivity contribution is -0.127. The van der Waals surface area contributed by atoms with Crippen LogP contribution in [0.25, 0.3) is 11.4 Å². The van der Waals surface area contributed by atoms with Crippen molar-refractivity contribution >= 4 is 5.91 Å². The van der Waals surface area contributed by atoms with Crippen LogP contribution in [0.4, 0.5) is 0 Å². The zero-order valence-corrected chi connectivity index (χ0v) is 13.1. The first kappa shape index (κ1) is 14.7. The monoisotopic (exact) mass is 299 g/mol. The van der Waals surface area contributed by atoms with Gasteiger partial charge in [0.2, 0.25) is 5.91 Å². The minimum absolute atomic E-state index is 0.165. The van der Waals surface area contributed by atoms with Gasteiger partial charge in [-0.25, -0.2) is 9.97 Å². The van der Waals surface area contributed by atoms with Gasteiger partial charge in [0, 0.05) is 38.4 Å². The van der Waals surface area contributed by atoms with Gasteiger partial charge >= 0.3 is 0 Å². The van der Waals surface area contributed by atoms with Crippen molar-refractivity contribution in [1.82, 2.24) is 24.6 Å². The van der Waals surface area contributed by atoms with E-state index < -0.39 is 0 Å². The van der Waals surface area contributed by atoms with E-state index in [2.05, 4.69) is 22.0 Å². The van der Waals surface area contributed by atoms with Crippen molar-refractivity contribution in [3.63, 3.8) is 0 Å². The fourth-order valence-electron chi connectivity index (χ4n) is 3.03. The Morgan fingerprint density at radius 3 is 3.00 bits per heavy atom. The molecule has 6 heteroatoms. The van der Waals surface area contributed by atoms with Crippen LogP contribution in [-0.2, 0) is 17.8 Å². The van der Waals surface area contributed by atoms with Gasteiger partial charge in [-0.3, -0.25) is 9.48 Å². The zero-order chi connectivity index (χ0) is 15.5. The zero-order valence-electron chi connectivity index (χ0n) is 13.1. The molecule has 1 amide bonds. The van der Waals surface area contributed by atoms with Gasteiger partial charge in [-0.1, -0.05) is 0 Å². The van der Waals surface area contributed by atoms with Crippen molar-refractivity contribution in [3.8, 4) is 11.4 Å². The van der Waals surface area contributed by atoms with Crippen molar-refractivity contribution < 1.29 is 4.79 Å². The molecule has 0 unspecified atom stereocenters. The van der Waals surface area contributed by atoms with Crippen LogP contribution in [0.5, 0.6) is 0 Å². The fraction of sp³-hybridized carbons (Fsp3) is 0.500. The molecule has 2 aromatic rings. The number of carbonyl (C=O) groups excluding carboxylic acids is 1. The summed E-state index contributed by atoms with van der Waals surface area (Å²) < 4.78 is 1.93. The second kappa shape index (κ2) is 6.25. The molecule has 0 aliphatic carbocycles. The average Bonchev–Trinajstić information content (AvgIpc) is 3.16. The molecule has 0 N–H and O–H groups in total. The highest BCUT2D eigenvalue weighted by Gasteiger charge is 2.24. The summed E-state index contributed by atoms with van der Waals surface area (Å²) in [5.74, 6) is 0.653. The van der Waals surface area contributed by atoms with Gasteiger partial charge in [-0.2, -0.15) is 5.10 Å². The van der Waals surface area contributed by atoms with Crippen LogP contribution in [0.2, 0.25) is 0 Å². The molecule has 3 rings (SSSR count). The predicted octanol–water partition coefficient (Wildman–Crippen LogP) is 1.77. The Balaban J connectivity index is 1.74. The van der Waals surface area contributed by atoms with Crippen LogP contribution in [0.1, 0.15) is 26.0 Å². The van der Waals surface area contributed by atoms with Crippen molar-refractivity contribution in [2.75, 3.05) is 13.1 Å². The summed E-state index contributed by atoms with van der Waals surface area (Å²) in [6.07, 6.45) is 5.35. The summed E-state index contributed by atoms with van der Waals surface area (Å²) in [5, 5.41) is 4.29. The standard InChI is InChI=1S/C16H21N5O/c1-3-21-16(4-6-19-21)15-9-14(17-11-18-15)8-13-5-7-20(10-13)12(2)22/h4,6,9,11,13H,3,5,7-8,10H2,1-2H3/t13-/m0/s1.